The first-order valence-corrected chi connectivity index (χ1v) is 13.4. The van der Waals surface area contributed by atoms with Gasteiger partial charge in [-0.3, -0.25) is 19.4 Å². The molecular formula is C32H33ClN2O5. The van der Waals surface area contributed by atoms with Crippen LogP contribution in [-0.2, 0) is 11.2 Å². The molecule has 1 N–H and O–H groups in total. The molecule has 0 saturated heterocycles. The van der Waals surface area contributed by atoms with E-state index in [1.807, 2.05) is 25.1 Å². The molecule has 40 heavy (non-hydrogen) atoms. The van der Waals surface area contributed by atoms with Gasteiger partial charge in [-0.05, 0) is 75.2 Å². The van der Waals surface area contributed by atoms with Crippen LogP contribution in [-0.4, -0.2) is 32.0 Å². The van der Waals surface area contributed by atoms with Crippen LogP contribution in [0.5, 0.6) is 5.75 Å². The molecule has 0 fully saturated rings. The second-order valence-electron chi connectivity index (χ2n) is 11.6. The summed E-state index contributed by atoms with van der Waals surface area (Å²) in [7, 11) is 0. The number of carboxylic acid groups (broad SMARTS) is 1. The Morgan fingerprint density at radius 2 is 1.70 bits per heavy atom. The number of hydrogen-bond donors (Lipinski definition) is 1. The summed E-state index contributed by atoms with van der Waals surface area (Å²) >= 11 is 6.06. The van der Waals surface area contributed by atoms with Crippen LogP contribution in [0.2, 0.25) is 5.02 Å². The van der Waals surface area contributed by atoms with Crippen LogP contribution in [0.4, 0.5) is 0 Å². The van der Waals surface area contributed by atoms with Crippen molar-refractivity contribution in [2.75, 3.05) is 0 Å². The van der Waals surface area contributed by atoms with Crippen molar-refractivity contribution in [3.8, 4) is 5.75 Å². The van der Waals surface area contributed by atoms with E-state index in [4.69, 9.17) is 16.3 Å². The minimum atomic E-state index is -1.25. The molecule has 1 aromatic carbocycles. The van der Waals surface area contributed by atoms with Crippen LogP contribution in [0, 0.1) is 10.8 Å². The fourth-order valence-electron chi connectivity index (χ4n) is 4.54. The van der Waals surface area contributed by atoms with Crippen LogP contribution in [0.25, 0.3) is 5.52 Å². The molecule has 0 spiro atoms. The Kier molecular flexibility index (Phi) is 7.90. The van der Waals surface area contributed by atoms with E-state index < -0.39 is 16.8 Å². The molecule has 7 nitrogen and oxygen atoms in total. The Morgan fingerprint density at radius 3 is 2.27 bits per heavy atom. The predicted octanol–water partition coefficient (Wildman–Crippen LogP) is 7.24. The van der Waals surface area contributed by atoms with Gasteiger partial charge in [0.15, 0.2) is 5.78 Å². The molecule has 0 aliphatic rings. The van der Waals surface area contributed by atoms with Gasteiger partial charge in [0.25, 0.3) is 0 Å². The number of Topliss-reactive ketones (excluding diaryl/α,β-unsaturated/α-hetero) is 1. The lowest BCUT2D eigenvalue weighted by Gasteiger charge is -2.22. The van der Waals surface area contributed by atoms with Crippen molar-refractivity contribution in [1.29, 1.82) is 0 Å². The third-order valence-corrected chi connectivity index (χ3v) is 7.11. The van der Waals surface area contributed by atoms with Crippen molar-refractivity contribution in [2.45, 2.75) is 54.1 Å². The highest BCUT2D eigenvalue weighted by atomic mass is 35.5. The lowest BCUT2D eigenvalue weighted by atomic mass is 9.79. The molecule has 8 heteroatoms. The number of carboxylic acids is 1. The quantitative estimate of drug-likeness (QED) is 0.217. The molecule has 4 rings (SSSR count). The minimum Gasteiger partial charge on any atom is -0.484 e. The van der Waals surface area contributed by atoms with E-state index in [2.05, 4.69) is 4.98 Å². The number of hydrogen-bond acceptors (Lipinski definition) is 5. The van der Waals surface area contributed by atoms with Gasteiger partial charge in [-0.1, -0.05) is 38.4 Å². The third kappa shape index (κ3) is 5.80. The summed E-state index contributed by atoms with van der Waals surface area (Å²) in [6.07, 6.45) is 2.98. The van der Waals surface area contributed by atoms with Gasteiger partial charge in [0.2, 0.25) is 5.78 Å². The highest BCUT2D eigenvalue weighted by Crippen LogP contribution is 2.37. The van der Waals surface area contributed by atoms with Crippen molar-refractivity contribution >= 4 is 34.7 Å². The van der Waals surface area contributed by atoms with Gasteiger partial charge >= 0.3 is 5.97 Å². The summed E-state index contributed by atoms with van der Waals surface area (Å²) in [6.45, 7) is 10.5. The number of rotatable bonds is 9. The number of pyridine rings is 2. The molecule has 208 valence electrons. The summed E-state index contributed by atoms with van der Waals surface area (Å²) in [5, 5.41) is 10.5. The maximum Gasteiger partial charge on any atom is 0.309 e. The fraction of sp³-hybridized carbons (Fsp3) is 0.312. The molecule has 0 radical (unpaired) electrons. The van der Waals surface area contributed by atoms with Gasteiger partial charge in [-0.15, -0.1) is 0 Å². The summed E-state index contributed by atoms with van der Waals surface area (Å²) in [4.78, 5) is 44.6. The van der Waals surface area contributed by atoms with E-state index in [9.17, 15) is 19.5 Å². The van der Waals surface area contributed by atoms with E-state index in [1.165, 1.54) is 0 Å². The maximum atomic E-state index is 14.0. The summed E-state index contributed by atoms with van der Waals surface area (Å²) in [6, 6.07) is 15.5. The van der Waals surface area contributed by atoms with E-state index in [-0.39, 0.29) is 29.8 Å². The smallest absolute Gasteiger partial charge is 0.309 e. The van der Waals surface area contributed by atoms with Crippen molar-refractivity contribution in [3.05, 3.63) is 100 Å². The van der Waals surface area contributed by atoms with Crippen LogP contribution in [0.1, 0.15) is 85.3 Å². The van der Waals surface area contributed by atoms with Gasteiger partial charge in [-0.25, -0.2) is 0 Å². The average molecular weight is 561 g/mol. The van der Waals surface area contributed by atoms with Crippen LogP contribution in [0.3, 0.4) is 0 Å². The number of nitrogens with zero attached hydrogens (tertiary/aromatic N) is 2. The van der Waals surface area contributed by atoms with Crippen molar-refractivity contribution in [2.24, 2.45) is 10.8 Å². The Labute approximate surface area is 238 Å². The van der Waals surface area contributed by atoms with Crippen LogP contribution >= 0.6 is 11.6 Å². The second-order valence-corrected chi connectivity index (χ2v) is 12.1. The first kappa shape index (κ1) is 29.0. The minimum absolute atomic E-state index is 0.0314. The van der Waals surface area contributed by atoms with Gasteiger partial charge in [0, 0.05) is 40.0 Å². The molecule has 0 aliphatic heterocycles. The molecule has 3 aromatic heterocycles. The molecule has 0 bridgehead atoms. The Bertz CT molecular complexity index is 1580. The number of benzene rings is 1. The Hall–Kier alpha value is -3.97. The van der Waals surface area contributed by atoms with Crippen molar-refractivity contribution < 1.29 is 24.2 Å². The number of carbonyl (C=O) groups excluding carboxylic acids is 2. The Morgan fingerprint density at radius 1 is 1.02 bits per heavy atom. The van der Waals surface area contributed by atoms with Crippen molar-refractivity contribution in [3.63, 3.8) is 0 Å². The average Bonchev–Trinajstić information content (AvgIpc) is 3.20. The lowest BCUT2D eigenvalue weighted by molar-refractivity contribution is -0.146. The molecule has 1 atom stereocenters. The SMILES string of the molecule is CC(Oc1ccn2c(C(=O)c3ccc(Cl)cc3)c(CC(C)(C)C(=O)O)c(C(=O)C(C)(C)C)c2c1)c1ccccn1. The normalized spacial score (nSPS) is 12.8. The first-order valence-electron chi connectivity index (χ1n) is 13.0. The highest BCUT2D eigenvalue weighted by Gasteiger charge is 2.37. The zero-order chi connectivity index (χ0) is 29.4. The van der Waals surface area contributed by atoms with Crippen molar-refractivity contribution in [1.82, 2.24) is 9.38 Å². The summed E-state index contributed by atoms with van der Waals surface area (Å²) < 4.78 is 7.86. The number of fused-ring (bicyclic) bond motifs is 1. The van der Waals surface area contributed by atoms with E-state index in [0.717, 1.165) is 5.69 Å². The lowest BCUT2D eigenvalue weighted by Crippen LogP contribution is -2.29. The first-order chi connectivity index (χ1) is 18.7. The molecule has 1 unspecified atom stereocenters. The summed E-state index contributed by atoms with van der Waals surface area (Å²) in [5.41, 5.74) is 0.478. The largest absolute Gasteiger partial charge is 0.484 e. The van der Waals surface area contributed by atoms with Crippen LogP contribution in [0.15, 0.2) is 67.0 Å². The Balaban J connectivity index is 1.99. The standard InChI is InChI=1S/C32H33ClN2O5/c1-19(24-9-7-8-15-34-24)40-22-14-16-35-25(17-22)26(29(37)31(2,3)4)23(18-32(5,6)30(38)39)27(35)28(36)20-10-12-21(33)13-11-20/h7-17,19H,18H2,1-6H3,(H,38,39). The zero-order valence-electron chi connectivity index (χ0n) is 23.5. The number of aliphatic carboxylic acids is 1. The molecular weight excluding hydrogens is 528 g/mol. The highest BCUT2D eigenvalue weighted by molar-refractivity contribution is 6.30. The molecule has 3 heterocycles. The number of ether oxygens (including phenoxy) is 1. The zero-order valence-corrected chi connectivity index (χ0v) is 24.2. The third-order valence-electron chi connectivity index (χ3n) is 6.86. The predicted molar refractivity (Wildman–Crippen MR) is 154 cm³/mol. The number of ketones is 2. The van der Waals surface area contributed by atoms with Gasteiger partial charge in [-0.2, -0.15) is 0 Å². The monoisotopic (exact) mass is 560 g/mol. The van der Waals surface area contributed by atoms with Gasteiger partial charge in [0.1, 0.15) is 11.9 Å². The van der Waals surface area contributed by atoms with E-state index in [0.29, 0.717) is 33.0 Å². The summed E-state index contributed by atoms with van der Waals surface area (Å²) in [5.74, 6) is -1.09. The topological polar surface area (TPSA) is 98.0 Å². The molecule has 0 saturated carbocycles. The van der Waals surface area contributed by atoms with E-state index in [1.54, 1.807) is 87.8 Å². The number of carbonyl (C=O) groups is 3. The molecule has 0 amide bonds. The van der Waals surface area contributed by atoms with E-state index >= 15 is 0 Å². The number of aromatic nitrogens is 2. The van der Waals surface area contributed by atoms with Gasteiger partial charge in [0.05, 0.1) is 22.3 Å². The number of halogens is 1. The fourth-order valence-corrected chi connectivity index (χ4v) is 4.67. The molecule has 0 aliphatic carbocycles. The van der Waals surface area contributed by atoms with Crippen LogP contribution < -0.4 is 4.74 Å². The maximum absolute atomic E-state index is 14.0. The second kappa shape index (κ2) is 10.9. The molecule has 4 aromatic rings. The van der Waals surface area contributed by atoms with Gasteiger partial charge < -0.3 is 14.2 Å².